The number of ether oxygens (including phenoxy) is 1. The number of anilines is 1. The number of rotatable bonds is 6. The van der Waals surface area contributed by atoms with Crippen molar-refractivity contribution in [3.63, 3.8) is 0 Å². The summed E-state index contributed by atoms with van der Waals surface area (Å²) < 4.78 is 5.47. The standard InChI is InChI=1S/C17H14Cl2N2O2/c18-14-8-4-9-15(17(14)19)23-12-16(22)21(11-5-10-20)13-6-2-1-3-7-13/h1-4,6-9H,5,11-12H2. The average Bonchev–Trinajstić information content (AvgIpc) is 2.57. The lowest BCUT2D eigenvalue weighted by atomic mass is 10.2. The molecule has 0 radical (unpaired) electrons. The zero-order chi connectivity index (χ0) is 16.7. The number of amides is 1. The zero-order valence-electron chi connectivity index (χ0n) is 12.2. The molecule has 1 amide bonds. The largest absolute Gasteiger partial charge is 0.482 e. The molecular formula is C17H14Cl2N2O2. The molecule has 0 bridgehead atoms. The van der Waals surface area contributed by atoms with Crippen LogP contribution in [0.15, 0.2) is 48.5 Å². The van der Waals surface area contributed by atoms with Crippen LogP contribution in [0.2, 0.25) is 10.0 Å². The molecule has 0 aromatic heterocycles. The van der Waals surface area contributed by atoms with Crippen molar-refractivity contribution in [2.75, 3.05) is 18.1 Å². The van der Waals surface area contributed by atoms with Crippen LogP contribution >= 0.6 is 23.2 Å². The molecule has 2 rings (SSSR count). The Hall–Kier alpha value is -2.22. The number of nitriles is 1. The van der Waals surface area contributed by atoms with Gasteiger partial charge in [0.25, 0.3) is 5.91 Å². The van der Waals surface area contributed by atoms with Crippen molar-refractivity contribution in [3.05, 3.63) is 58.6 Å². The Labute approximate surface area is 144 Å². The van der Waals surface area contributed by atoms with Crippen molar-refractivity contribution < 1.29 is 9.53 Å². The Morgan fingerprint density at radius 3 is 2.57 bits per heavy atom. The molecule has 6 heteroatoms. The molecule has 23 heavy (non-hydrogen) atoms. The summed E-state index contributed by atoms with van der Waals surface area (Å²) >= 11 is 11.9. The fourth-order valence-corrected chi connectivity index (χ4v) is 2.33. The Bertz CT molecular complexity index is 714. The second-order valence-electron chi connectivity index (χ2n) is 4.63. The van der Waals surface area contributed by atoms with Gasteiger partial charge < -0.3 is 9.64 Å². The topological polar surface area (TPSA) is 53.3 Å². The number of carbonyl (C=O) groups excluding carboxylic acids is 1. The maximum Gasteiger partial charge on any atom is 0.264 e. The van der Waals surface area contributed by atoms with Gasteiger partial charge in [-0.2, -0.15) is 5.26 Å². The first-order valence-corrected chi connectivity index (χ1v) is 7.68. The third-order valence-corrected chi connectivity index (χ3v) is 3.89. The van der Waals surface area contributed by atoms with Crippen LogP contribution in [-0.4, -0.2) is 19.1 Å². The second kappa shape index (κ2) is 8.42. The van der Waals surface area contributed by atoms with Crippen LogP contribution in [0.1, 0.15) is 6.42 Å². The van der Waals surface area contributed by atoms with Gasteiger partial charge in [-0.05, 0) is 24.3 Å². The van der Waals surface area contributed by atoms with E-state index in [-0.39, 0.29) is 24.0 Å². The fraction of sp³-hybridized carbons (Fsp3) is 0.176. The van der Waals surface area contributed by atoms with Gasteiger partial charge in [0.1, 0.15) is 10.8 Å². The smallest absolute Gasteiger partial charge is 0.264 e. The van der Waals surface area contributed by atoms with Crippen LogP contribution in [0.5, 0.6) is 5.75 Å². The van der Waals surface area contributed by atoms with E-state index in [4.69, 9.17) is 33.2 Å². The molecule has 2 aromatic rings. The van der Waals surface area contributed by atoms with Crippen molar-refractivity contribution in [1.29, 1.82) is 5.26 Å². The van der Waals surface area contributed by atoms with Crippen molar-refractivity contribution in [1.82, 2.24) is 0 Å². The third-order valence-electron chi connectivity index (χ3n) is 3.08. The molecule has 0 saturated heterocycles. The van der Waals surface area contributed by atoms with Crippen molar-refractivity contribution in [2.45, 2.75) is 6.42 Å². The minimum atomic E-state index is -0.262. The first kappa shape index (κ1) is 17.1. The van der Waals surface area contributed by atoms with Crippen LogP contribution in [0.3, 0.4) is 0 Å². The van der Waals surface area contributed by atoms with Crippen LogP contribution < -0.4 is 9.64 Å². The summed E-state index contributed by atoms with van der Waals surface area (Å²) in [5.74, 6) is 0.0864. The summed E-state index contributed by atoms with van der Waals surface area (Å²) in [7, 11) is 0. The van der Waals surface area contributed by atoms with E-state index in [0.717, 1.165) is 0 Å². The van der Waals surface area contributed by atoms with E-state index in [1.165, 1.54) is 4.90 Å². The maximum absolute atomic E-state index is 12.4. The van der Waals surface area contributed by atoms with E-state index in [1.54, 1.807) is 18.2 Å². The summed E-state index contributed by atoms with van der Waals surface area (Å²) in [6.07, 6.45) is 0.235. The van der Waals surface area contributed by atoms with Gasteiger partial charge in [0.15, 0.2) is 6.61 Å². The summed E-state index contributed by atoms with van der Waals surface area (Å²) in [6.45, 7) is 0.104. The number of halogens is 2. The van der Waals surface area contributed by atoms with Gasteiger partial charge in [0.05, 0.1) is 17.5 Å². The summed E-state index contributed by atoms with van der Waals surface area (Å²) in [4.78, 5) is 14.0. The third kappa shape index (κ3) is 4.62. The van der Waals surface area contributed by atoms with E-state index in [2.05, 4.69) is 0 Å². The molecule has 0 heterocycles. The number of hydrogen-bond donors (Lipinski definition) is 0. The van der Waals surface area contributed by atoms with E-state index < -0.39 is 0 Å². The van der Waals surface area contributed by atoms with Crippen LogP contribution in [0.25, 0.3) is 0 Å². The highest BCUT2D eigenvalue weighted by molar-refractivity contribution is 6.42. The lowest BCUT2D eigenvalue weighted by Crippen LogP contribution is -2.35. The number of carbonyl (C=O) groups is 1. The molecular weight excluding hydrogens is 335 g/mol. The summed E-state index contributed by atoms with van der Waals surface area (Å²) in [5, 5.41) is 9.40. The van der Waals surface area contributed by atoms with Crippen molar-refractivity contribution >= 4 is 34.8 Å². The maximum atomic E-state index is 12.4. The second-order valence-corrected chi connectivity index (χ2v) is 5.41. The number of benzene rings is 2. The number of hydrogen-bond acceptors (Lipinski definition) is 3. The van der Waals surface area contributed by atoms with Gasteiger partial charge in [-0.3, -0.25) is 4.79 Å². The molecule has 0 unspecified atom stereocenters. The van der Waals surface area contributed by atoms with Crippen LogP contribution in [-0.2, 0) is 4.79 Å². The van der Waals surface area contributed by atoms with Gasteiger partial charge in [-0.1, -0.05) is 47.5 Å². The Balaban J connectivity index is 2.09. The Kier molecular flexibility index (Phi) is 6.28. The lowest BCUT2D eigenvalue weighted by Gasteiger charge is -2.22. The first-order valence-electron chi connectivity index (χ1n) is 6.92. The predicted molar refractivity (Wildman–Crippen MR) is 91.0 cm³/mol. The average molecular weight is 349 g/mol. The van der Waals surface area contributed by atoms with Gasteiger partial charge in [0, 0.05) is 12.2 Å². The quantitative estimate of drug-likeness (QED) is 0.780. The van der Waals surface area contributed by atoms with E-state index in [1.807, 2.05) is 36.4 Å². The van der Waals surface area contributed by atoms with Crippen LogP contribution in [0.4, 0.5) is 5.69 Å². The van der Waals surface area contributed by atoms with Crippen molar-refractivity contribution in [3.8, 4) is 11.8 Å². The molecule has 0 atom stereocenters. The monoisotopic (exact) mass is 348 g/mol. The first-order chi connectivity index (χ1) is 11.1. The van der Waals surface area contributed by atoms with Gasteiger partial charge >= 0.3 is 0 Å². The van der Waals surface area contributed by atoms with Gasteiger partial charge in [-0.15, -0.1) is 0 Å². The molecule has 0 spiro atoms. The van der Waals surface area contributed by atoms with E-state index >= 15 is 0 Å². The molecule has 4 nitrogen and oxygen atoms in total. The Morgan fingerprint density at radius 2 is 1.87 bits per heavy atom. The van der Waals surface area contributed by atoms with E-state index in [0.29, 0.717) is 23.0 Å². The molecule has 0 N–H and O–H groups in total. The number of nitrogens with zero attached hydrogens (tertiary/aromatic N) is 2. The zero-order valence-corrected chi connectivity index (χ0v) is 13.7. The molecule has 2 aromatic carbocycles. The fourth-order valence-electron chi connectivity index (χ4n) is 1.98. The lowest BCUT2D eigenvalue weighted by molar-refractivity contribution is -0.120. The number of para-hydroxylation sites is 1. The van der Waals surface area contributed by atoms with Crippen LogP contribution in [0, 0.1) is 11.3 Å². The van der Waals surface area contributed by atoms with Gasteiger partial charge in [0.2, 0.25) is 0 Å². The molecule has 0 aliphatic rings. The predicted octanol–water partition coefficient (Wildman–Crippen LogP) is 4.32. The minimum Gasteiger partial charge on any atom is -0.482 e. The SMILES string of the molecule is N#CCCN(C(=O)COc1cccc(Cl)c1Cl)c1ccccc1. The highest BCUT2D eigenvalue weighted by Gasteiger charge is 2.17. The molecule has 0 fully saturated rings. The van der Waals surface area contributed by atoms with Gasteiger partial charge in [-0.25, -0.2) is 0 Å². The Morgan fingerprint density at radius 1 is 1.13 bits per heavy atom. The normalized spacial score (nSPS) is 9.96. The molecule has 118 valence electrons. The minimum absolute atomic E-state index is 0.194. The molecule has 0 aliphatic carbocycles. The highest BCUT2D eigenvalue weighted by atomic mass is 35.5. The molecule has 0 saturated carbocycles. The van der Waals surface area contributed by atoms with Crippen molar-refractivity contribution in [2.24, 2.45) is 0 Å². The molecule has 0 aliphatic heterocycles. The van der Waals surface area contributed by atoms with E-state index in [9.17, 15) is 4.79 Å². The summed E-state index contributed by atoms with van der Waals surface area (Å²) in [6, 6.07) is 16.2. The summed E-state index contributed by atoms with van der Waals surface area (Å²) in [5.41, 5.74) is 0.716. The highest BCUT2D eigenvalue weighted by Crippen LogP contribution is 2.31.